The van der Waals surface area contributed by atoms with Gasteiger partial charge in [-0.3, -0.25) is 4.79 Å². The first-order valence-electron chi connectivity index (χ1n) is 9.90. The summed E-state index contributed by atoms with van der Waals surface area (Å²) in [6.45, 7) is 0. The Morgan fingerprint density at radius 2 is 1.57 bits per heavy atom. The highest BCUT2D eigenvalue weighted by Gasteiger charge is 2.45. The van der Waals surface area contributed by atoms with Crippen LogP contribution in [0.5, 0.6) is 0 Å². The monoisotopic (exact) mass is 492 g/mol. The smallest absolute Gasteiger partial charge is 0.308 e. The average Bonchev–Trinajstić information content (AvgIpc) is 2.73. The molecule has 1 spiro atoms. The normalized spacial score (nSPS) is 31.0. The second-order valence-electron chi connectivity index (χ2n) is 7.47. The fourth-order valence-electron chi connectivity index (χ4n) is 4.05. The number of carbonyl (C=O) groups excluding carboxylic acids is 1. The van der Waals surface area contributed by atoms with E-state index in [1.54, 1.807) is 0 Å². The number of hydrogen-bond acceptors (Lipinski definition) is 4. The summed E-state index contributed by atoms with van der Waals surface area (Å²) in [5, 5.41) is 0. The third kappa shape index (κ3) is 4.42. The maximum atomic E-state index is 12.1. The molecular weight excluding hydrogens is 467 g/mol. The molecule has 2 aromatic carbocycles. The topological polar surface area (TPSA) is 44.8 Å². The van der Waals surface area contributed by atoms with Gasteiger partial charge in [0.25, 0.3) is 0 Å². The van der Waals surface area contributed by atoms with E-state index in [2.05, 4.69) is 46.9 Å². The molecule has 148 valence electrons. The zero-order valence-electron chi connectivity index (χ0n) is 15.8. The Balaban J connectivity index is 1.77. The lowest BCUT2D eigenvalue weighted by Crippen LogP contribution is -2.46. The van der Waals surface area contributed by atoms with E-state index in [1.165, 1.54) is 0 Å². The fourth-order valence-corrected chi connectivity index (χ4v) is 4.69. The van der Waals surface area contributed by atoms with Gasteiger partial charge in [-0.15, -0.1) is 0 Å². The molecular formula is C23H25IO4. The molecule has 2 aromatic rings. The van der Waals surface area contributed by atoms with Gasteiger partial charge in [-0.25, -0.2) is 0 Å². The number of ether oxygens (including phenoxy) is 3. The summed E-state index contributed by atoms with van der Waals surface area (Å²) in [6.07, 6.45) is 2.94. The molecule has 4 nitrogen and oxygen atoms in total. The van der Waals surface area contributed by atoms with E-state index >= 15 is 0 Å². The quantitative estimate of drug-likeness (QED) is 0.322. The number of rotatable bonds is 3. The van der Waals surface area contributed by atoms with Gasteiger partial charge in [0.1, 0.15) is 12.2 Å². The van der Waals surface area contributed by atoms with Crippen LogP contribution in [0, 0.1) is 0 Å². The summed E-state index contributed by atoms with van der Waals surface area (Å²) in [6, 6.07) is 20.3. The van der Waals surface area contributed by atoms with Crippen molar-refractivity contribution in [3.8, 4) is 0 Å². The van der Waals surface area contributed by atoms with Crippen molar-refractivity contribution < 1.29 is 19.0 Å². The number of carbonyl (C=O) groups is 1. The van der Waals surface area contributed by atoms with Crippen LogP contribution in [0.3, 0.4) is 0 Å². The van der Waals surface area contributed by atoms with E-state index < -0.39 is 5.79 Å². The van der Waals surface area contributed by atoms with E-state index in [9.17, 15) is 4.79 Å². The van der Waals surface area contributed by atoms with Crippen LogP contribution in [0.25, 0.3) is 0 Å². The van der Waals surface area contributed by atoms with Crippen molar-refractivity contribution in [2.45, 2.75) is 56.2 Å². The third-order valence-electron chi connectivity index (χ3n) is 5.47. The predicted octanol–water partition coefficient (Wildman–Crippen LogP) is 5.52. The van der Waals surface area contributed by atoms with Gasteiger partial charge in [0.2, 0.25) is 5.79 Å². The van der Waals surface area contributed by atoms with Crippen LogP contribution in [0.2, 0.25) is 0 Å². The molecule has 0 aliphatic carbocycles. The van der Waals surface area contributed by atoms with Crippen LogP contribution in [0.15, 0.2) is 60.7 Å². The van der Waals surface area contributed by atoms with Gasteiger partial charge >= 0.3 is 5.97 Å². The lowest BCUT2D eigenvalue weighted by atomic mass is 9.93. The Hall–Kier alpha value is -1.44. The van der Waals surface area contributed by atoms with Gasteiger partial charge in [0.05, 0.1) is 6.10 Å². The molecule has 2 saturated heterocycles. The van der Waals surface area contributed by atoms with Gasteiger partial charge in [0.15, 0.2) is 0 Å². The number of hydrogen-bond donors (Lipinski definition) is 0. The van der Waals surface area contributed by atoms with Gasteiger partial charge < -0.3 is 14.2 Å². The number of halogens is 1. The van der Waals surface area contributed by atoms with Crippen molar-refractivity contribution >= 4 is 28.6 Å². The minimum Gasteiger partial charge on any atom is -0.433 e. The summed E-state index contributed by atoms with van der Waals surface area (Å²) < 4.78 is 20.0. The van der Waals surface area contributed by atoms with Crippen LogP contribution < -0.4 is 0 Å². The molecule has 1 unspecified atom stereocenters. The van der Waals surface area contributed by atoms with E-state index in [1.807, 2.05) is 36.4 Å². The minimum atomic E-state index is -0.864. The summed E-state index contributed by atoms with van der Waals surface area (Å²) in [4.78, 5) is 12.1. The molecule has 0 aromatic heterocycles. The number of benzene rings is 2. The van der Waals surface area contributed by atoms with Crippen LogP contribution in [-0.2, 0) is 19.0 Å². The molecule has 4 rings (SSSR count). The van der Waals surface area contributed by atoms with Gasteiger partial charge in [-0.05, 0) is 24.0 Å². The Morgan fingerprint density at radius 3 is 2.18 bits per heavy atom. The molecule has 2 aliphatic heterocycles. The number of alkyl halides is 1. The van der Waals surface area contributed by atoms with Crippen molar-refractivity contribution in [2.24, 2.45) is 0 Å². The maximum absolute atomic E-state index is 12.1. The lowest BCUT2D eigenvalue weighted by molar-refractivity contribution is -0.296. The van der Waals surface area contributed by atoms with Crippen molar-refractivity contribution in [3.63, 3.8) is 0 Å². The highest BCUT2D eigenvalue weighted by atomic mass is 127. The van der Waals surface area contributed by atoms with Crippen LogP contribution in [0.1, 0.15) is 55.4 Å². The standard InChI is InChI=1S/C23H25IO4/c24-16-19-13-15-23(14-7-12-20(25)27-23)28-22(18-10-5-2-6-11-18)21(26-19)17-8-3-1-4-9-17/h1-6,8-11,19,21-22H,7,12-16H2/t19-,21+,22+,23?/m0/s1. The zero-order valence-corrected chi connectivity index (χ0v) is 17.9. The van der Waals surface area contributed by atoms with Crippen LogP contribution in [-0.4, -0.2) is 22.3 Å². The molecule has 0 N–H and O–H groups in total. The molecule has 2 aliphatic rings. The third-order valence-corrected chi connectivity index (χ3v) is 6.45. The summed E-state index contributed by atoms with van der Waals surface area (Å²) in [7, 11) is 0. The molecule has 0 bridgehead atoms. The highest BCUT2D eigenvalue weighted by Crippen LogP contribution is 2.45. The molecule has 0 amide bonds. The van der Waals surface area contributed by atoms with Crippen molar-refractivity contribution in [2.75, 3.05) is 4.43 Å². The molecule has 0 saturated carbocycles. The maximum Gasteiger partial charge on any atom is 0.308 e. The Labute approximate surface area is 179 Å². The van der Waals surface area contributed by atoms with Crippen molar-refractivity contribution in [3.05, 3.63) is 71.8 Å². The summed E-state index contributed by atoms with van der Waals surface area (Å²) in [5.41, 5.74) is 2.11. The first-order chi connectivity index (χ1) is 13.7. The summed E-state index contributed by atoms with van der Waals surface area (Å²) >= 11 is 2.38. The van der Waals surface area contributed by atoms with E-state index in [0.29, 0.717) is 12.8 Å². The van der Waals surface area contributed by atoms with E-state index in [-0.39, 0.29) is 24.3 Å². The van der Waals surface area contributed by atoms with Gasteiger partial charge in [-0.1, -0.05) is 83.3 Å². The van der Waals surface area contributed by atoms with Gasteiger partial charge in [0, 0.05) is 23.7 Å². The van der Waals surface area contributed by atoms with Crippen molar-refractivity contribution in [1.82, 2.24) is 0 Å². The second-order valence-corrected chi connectivity index (χ2v) is 8.35. The molecule has 2 heterocycles. The van der Waals surface area contributed by atoms with Crippen LogP contribution in [0.4, 0.5) is 0 Å². The predicted molar refractivity (Wildman–Crippen MR) is 115 cm³/mol. The van der Waals surface area contributed by atoms with E-state index in [4.69, 9.17) is 14.2 Å². The minimum absolute atomic E-state index is 0.0819. The Morgan fingerprint density at radius 1 is 0.929 bits per heavy atom. The first kappa shape index (κ1) is 19.9. The fraction of sp³-hybridized carbons (Fsp3) is 0.435. The SMILES string of the molecule is O=C1CCCC2(CC[C@@H](CI)O[C@H](c3ccccc3)[C@@H](c3ccccc3)O2)O1. The molecule has 5 heteroatoms. The highest BCUT2D eigenvalue weighted by molar-refractivity contribution is 14.1. The second kappa shape index (κ2) is 8.93. The molecule has 4 atom stereocenters. The Bertz CT molecular complexity index is 782. The first-order valence-corrected chi connectivity index (χ1v) is 11.4. The van der Waals surface area contributed by atoms with Crippen molar-refractivity contribution in [1.29, 1.82) is 0 Å². The molecule has 28 heavy (non-hydrogen) atoms. The summed E-state index contributed by atoms with van der Waals surface area (Å²) in [5.74, 6) is -1.03. The number of esters is 1. The lowest BCUT2D eigenvalue weighted by Gasteiger charge is -2.44. The largest absolute Gasteiger partial charge is 0.433 e. The van der Waals surface area contributed by atoms with Gasteiger partial charge in [-0.2, -0.15) is 0 Å². The zero-order chi connectivity index (χ0) is 19.4. The average molecular weight is 492 g/mol. The van der Waals surface area contributed by atoms with E-state index in [0.717, 1.165) is 34.8 Å². The Kier molecular flexibility index (Phi) is 6.33. The molecule has 0 radical (unpaired) electrons. The molecule has 2 fully saturated rings. The van der Waals surface area contributed by atoms with Crippen LogP contribution >= 0.6 is 22.6 Å².